The van der Waals surface area contributed by atoms with Crippen LogP contribution in [0, 0.1) is 0 Å². The van der Waals surface area contributed by atoms with E-state index in [1.54, 1.807) is 26.0 Å². The summed E-state index contributed by atoms with van der Waals surface area (Å²) in [5.74, 6) is -0.320. The Kier molecular flexibility index (Phi) is 2.98. The molecule has 1 saturated heterocycles. The van der Waals surface area contributed by atoms with Crippen molar-refractivity contribution >= 4 is 17.5 Å². The fraction of sp³-hybridized carbons (Fsp3) is 0.385. The molecule has 1 aliphatic heterocycles. The van der Waals surface area contributed by atoms with Crippen LogP contribution in [0.3, 0.4) is 0 Å². The van der Waals surface area contributed by atoms with Gasteiger partial charge in [-0.15, -0.1) is 0 Å². The third kappa shape index (κ3) is 2.45. The first-order chi connectivity index (χ1) is 8.38. The molecule has 96 valence electrons. The molecule has 1 atom stereocenters. The molecule has 0 spiro atoms. The molecule has 4 N–H and O–H groups in total. The number of benzene rings is 1. The van der Waals surface area contributed by atoms with E-state index in [1.165, 1.54) is 0 Å². The summed E-state index contributed by atoms with van der Waals surface area (Å²) in [4.78, 5) is 23.6. The van der Waals surface area contributed by atoms with E-state index >= 15 is 0 Å². The van der Waals surface area contributed by atoms with E-state index < -0.39 is 11.6 Å². The highest BCUT2D eigenvalue weighted by atomic mass is 16.2. The molecule has 1 heterocycles. The molecule has 18 heavy (non-hydrogen) atoms. The van der Waals surface area contributed by atoms with E-state index in [2.05, 4.69) is 10.6 Å². The zero-order chi connectivity index (χ0) is 13.3. The van der Waals surface area contributed by atoms with Gasteiger partial charge in [0.2, 0.25) is 11.8 Å². The van der Waals surface area contributed by atoms with Crippen LogP contribution in [0.5, 0.6) is 0 Å². The van der Waals surface area contributed by atoms with Gasteiger partial charge in [-0.25, -0.2) is 0 Å². The van der Waals surface area contributed by atoms with Gasteiger partial charge in [-0.3, -0.25) is 9.59 Å². The summed E-state index contributed by atoms with van der Waals surface area (Å²) < 4.78 is 0. The van der Waals surface area contributed by atoms with Crippen molar-refractivity contribution in [2.24, 2.45) is 0 Å². The Balaban J connectivity index is 2.09. The Hall–Kier alpha value is -2.04. The highest BCUT2D eigenvalue weighted by molar-refractivity contribution is 5.99. The van der Waals surface area contributed by atoms with Crippen molar-refractivity contribution in [1.82, 2.24) is 10.6 Å². The van der Waals surface area contributed by atoms with Crippen LogP contribution >= 0.6 is 0 Å². The van der Waals surface area contributed by atoms with Gasteiger partial charge in [0.15, 0.2) is 0 Å². The van der Waals surface area contributed by atoms with Gasteiger partial charge in [-0.2, -0.15) is 0 Å². The number of nitrogen functional groups attached to an aromatic ring is 1. The standard InChI is InChI=1S/C13H17N3O2/c1-13(2)12(18)15-10(11(17)16-13)7-8-3-5-9(14)6-4-8/h3-6,10H,7,14H2,1-2H3,(H,15,18)(H,16,17)/t10-/m0/s1. The molecular weight excluding hydrogens is 230 g/mol. The van der Waals surface area contributed by atoms with Crippen LogP contribution in [0.2, 0.25) is 0 Å². The summed E-state index contributed by atoms with van der Waals surface area (Å²) in [5.41, 5.74) is 6.40. The number of piperazine rings is 1. The lowest BCUT2D eigenvalue weighted by Crippen LogP contribution is -2.67. The molecule has 1 aromatic rings. The normalized spacial score (nSPS) is 22.2. The van der Waals surface area contributed by atoms with Crippen LogP contribution in [0.1, 0.15) is 19.4 Å². The van der Waals surface area contributed by atoms with Crippen molar-refractivity contribution in [3.63, 3.8) is 0 Å². The first-order valence-corrected chi connectivity index (χ1v) is 5.86. The number of nitrogens with two attached hydrogens (primary N) is 1. The van der Waals surface area contributed by atoms with Crippen LogP contribution < -0.4 is 16.4 Å². The molecule has 0 aromatic heterocycles. The molecule has 1 fully saturated rings. The maximum absolute atomic E-state index is 11.9. The van der Waals surface area contributed by atoms with E-state index in [1.807, 2.05) is 12.1 Å². The molecule has 0 bridgehead atoms. The van der Waals surface area contributed by atoms with Gasteiger partial charge in [-0.05, 0) is 31.5 Å². The second-order valence-corrected chi connectivity index (χ2v) is 5.09. The third-order valence-corrected chi connectivity index (χ3v) is 3.04. The molecule has 0 saturated carbocycles. The Morgan fingerprint density at radius 3 is 2.44 bits per heavy atom. The summed E-state index contributed by atoms with van der Waals surface area (Å²) in [6.45, 7) is 3.36. The van der Waals surface area contributed by atoms with Gasteiger partial charge < -0.3 is 16.4 Å². The van der Waals surface area contributed by atoms with E-state index in [-0.39, 0.29) is 11.8 Å². The van der Waals surface area contributed by atoms with Crippen LogP contribution in [0.25, 0.3) is 0 Å². The van der Waals surface area contributed by atoms with Gasteiger partial charge >= 0.3 is 0 Å². The number of nitrogens with one attached hydrogen (secondary N) is 2. The number of hydrogen-bond donors (Lipinski definition) is 3. The number of rotatable bonds is 2. The van der Waals surface area contributed by atoms with Crippen LogP contribution in [0.4, 0.5) is 5.69 Å². The van der Waals surface area contributed by atoms with Crippen LogP contribution in [-0.4, -0.2) is 23.4 Å². The van der Waals surface area contributed by atoms with Gasteiger partial charge in [0.1, 0.15) is 11.6 Å². The number of amides is 2. The Morgan fingerprint density at radius 2 is 1.83 bits per heavy atom. The van der Waals surface area contributed by atoms with Crippen molar-refractivity contribution in [3.8, 4) is 0 Å². The third-order valence-electron chi connectivity index (χ3n) is 3.04. The first kappa shape index (κ1) is 12.4. The Bertz CT molecular complexity index is 480. The molecule has 5 heteroatoms. The zero-order valence-electron chi connectivity index (χ0n) is 10.5. The quantitative estimate of drug-likeness (QED) is 0.653. The average molecular weight is 247 g/mol. The molecule has 1 aromatic carbocycles. The Morgan fingerprint density at radius 1 is 1.22 bits per heavy atom. The van der Waals surface area contributed by atoms with E-state index in [0.29, 0.717) is 12.1 Å². The highest BCUT2D eigenvalue weighted by Crippen LogP contribution is 2.13. The second-order valence-electron chi connectivity index (χ2n) is 5.09. The first-order valence-electron chi connectivity index (χ1n) is 5.86. The SMILES string of the molecule is CC1(C)NC(=O)[C@H](Cc2ccc(N)cc2)NC1=O. The average Bonchev–Trinajstić information content (AvgIpc) is 2.28. The van der Waals surface area contributed by atoms with Crippen molar-refractivity contribution in [2.45, 2.75) is 31.8 Å². The summed E-state index contributed by atoms with van der Waals surface area (Å²) in [6.07, 6.45) is 0.466. The predicted octanol–water partition coefficient (Wildman–Crippen LogP) is 0.204. The number of carbonyl (C=O) groups is 2. The van der Waals surface area contributed by atoms with Crippen LogP contribution in [-0.2, 0) is 16.0 Å². The Labute approximate surface area is 106 Å². The van der Waals surface area contributed by atoms with E-state index in [0.717, 1.165) is 5.56 Å². The summed E-state index contributed by atoms with van der Waals surface area (Å²) in [6, 6.07) is 6.75. The predicted molar refractivity (Wildman–Crippen MR) is 68.7 cm³/mol. The maximum Gasteiger partial charge on any atom is 0.245 e. The lowest BCUT2D eigenvalue weighted by atomic mass is 9.96. The summed E-state index contributed by atoms with van der Waals surface area (Å²) in [7, 11) is 0. The molecule has 0 aliphatic carbocycles. The smallest absolute Gasteiger partial charge is 0.245 e. The zero-order valence-corrected chi connectivity index (χ0v) is 10.5. The maximum atomic E-state index is 11.9. The summed E-state index contributed by atoms with van der Waals surface area (Å²) in [5, 5.41) is 5.45. The minimum absolute atomic E-state index is 0.156. The van der Waals surface area contributed by atoms with Crippen molar-refractivity contribution in [3.05, 3.63) is 29.8 Å². The molecule has 2 amide bonds. The van der Waals surface area contributed by atoms with Crippen molar-refractivity contribution < 1.29 is 9.59 Å². The molecule has 2 rings (SSSR count). The fourth-order valence-corrected chi connectivity index (χ4v) is 1.89. The number of carbonyl (C=O) groups excluding carboxylic acids is 2. The minimum Gasteiger partial charge on any atom is -0.399 e. The van der Waals surface area contributed by atoms with E-state index in [4.69, 9.17) is 5.73 Å². The van der Waals surface area contributed by atoms with Crippen molar-refractivity contribution in [2.75, 3.05) is 5.73 Å². The number of hydrogen-bond acceptors (Lipinski definition) is 3. The highest BCUT2D eigenvalue weighted by Gasteiger charge is 2.39. The lowest BCUT2D eigenvalue weighted by Gasteiger charge is -2.34. The van der Waals surface area contributed by atoms with Gasteiger partial charge in [0.05, 0.1) is 0 Å². The molecule has 0 radical (unpaired) electrons. The van der Waals surface area contributed by atoms with Gasteiger partial charge in [-0.1, -0.05) is 12.1 Å². The minimum atomic E-state index is -0.839. The van der Waals surface area contributed by atoms with Crippen molar-refractivity contribution in [1.29, 1.82) is 0 Å². The topological polar surface area (TPSA) is 84.2 Å². The van der Waals surface area contributed by atoms with Crippen LogP contribution in [0.15, 0.2) is 24.3 Å². The summed E-state index contributed by atoms with van der Waals surface area (Å²) >= 11 is 0. The van der Waals surface area contributed by atoms with E-state index in [9.17, 15) is 9.59 Å². The van der Waals surface area contributed by atoms with Gasteiger partial charge in [0.25, 0.3) is 0 Å². The molecule has 5 nitrogen and oxygen atoms in total. The van der Waals surface area contributed by atoms with Gasteiger partial charge in [0, 0.05) is 12.1 Å². The second kappa shape index (κ2) is 4.33. The monoisotopic (exact) mass is 247 g/mol. The largest absolute Gasteiger partial charge is 0.399 e. The molecule has 0 unspecified atom stereocenters. The molecular formula is C13H17N3O2. The lowest BCUT2D eigenvalue weighted by molar-refractivity contribution is -0.140. The number of anilines is 1. The fourth-order valence-electron chi connectivity index (χ4n) is 1.89. The molecule has 1 aliphatic rings.